The van der Waals surface area contributed by atoms with E-state index < -0.39 is 0 Å². The van der Waals surface area contributed by atoms with Crippen molar-refractivity contribution in [2.24, 2.45) is 0 Å². The average Bonchev–Trinajstić information content (AvgIpc) is 2.96. The average molecular weight is 290 g/mol. The van der Waals surface area contributed by atoms with E-state index in [0.717, 1.165) is 30.2 Å². The maximum absolute atomic E-state index is 12.7. The molecule has 4 rings (SSSR count). The van der Waals surface area contributed by atoms with Crippen molar-refractivity contribution in [1.82, 2.24) is 10.3 Å². The normalized spacial score (nSPS) is 16.2. The summed E-state index contributed by atoms with van der Waals surface area (Å²) in [7, 11) is 0. The van der Waals surface area contributed by atoms with Gasteiger partial charge in [0.25, 0.3) is 5.91 Å². The van der Waals surface area contributed by atoms with Gasteiger partial charge in [0.1, 0.15) is 5.69 Å². The van der Waals surface area contributed by atoms with Crippen LogP contribution in [0.1, 0.15) is 35.3 Å². The first-order valence-electron chi connectivity index (χ1n) is 7.73. The molecule has 0 radical (unpaired) electrons. The molecule has 0 spiro atoms. The molecule has 1 amide bonds. The zero-order valence-electron chi connectivity index (χ0n) is 12.3. The number of fused-ring (bicyclic) bond motifs is 1. The van der Waals surface area contributed by atoms with Crippen LogP contribution in [0.15, 0.2) is 60.7 Å². The van der Waals surface area contributed by atoms with Crippen LogP contribution < -0.4 is 5.32 Å². The van der Waals surface area contributed by atoms with Gasteiger partial charge in [-0.15, -0.1) is 0 Å². The molecule has 3 nitrogen and oxygen atoms in total. The molecule has 1 aromatic heterocycles. The number of aromatic nitrogens is 1. The summed E-state index contributed by atoms with van der Waals surface area (Å²) in [6, 6.07) is 20.1. The highest BCUT2D eigenvalue weighted by atomic mass is 16.2. The van der Waals surface area contributed by atoms with E-state index in [1.165, 1.54) is 5.56 Å². The Morgan fingerprint density at radius 2 is 1.73 bits per heavy atom. The molecule has 3 aromatic rings. The van der Waals surface area contributed by atoms with Crippen LogP contribution in [0.5, 0.6) is 0 Å². The highest BCUT2D eigenvalue weighted by Crippen LogP contribution is 2.41. The Morgan fingerprint density at radius 1 is 1.00 bits per heavy atom. The third-order valence-corrected chi connectivity index (χ3v) is 4.66. The van der Waals surface area contributed by atoms with Gasteiger partial charge in [0.15, 0.2) is 0 Å². The van der Waals surface area contributed by atoms with E-state index in [-0.39, 0.29) is 11.4 Å². The zero-order chi connectivity index (χ0) is 15.0. The first-order valence-corrected chi connectivity index (χ1v) is 7.73. The topological polar surface area (TPSA) is 44.9 Å². The van der Waals surface area contributed by atoms with E-state index in [2.05, 4.69) is 22.4 Å². The molecule has 110 valence electrons. The zero-order valence-corrected chi connectivity index (χ0v) is 12.3. The fourth-order valence-electron chi connectivity index (χ4n) is 3.25. The molecule has 0 atom stereocenters. The number of H-pyrrole nitrogens is 1. The number of para-hydroxylation sites is 1. The molecule has 1 heterocycles. The predicted molar refractivity (Wildman–Crippen MR) is 87.7 cm³/mol. The van der Waals surface area contributed by atoms with Crippen LogP contribution >= 0.6 is 0 Å². The Labute approximate surface area is 129 Å². The molecule has 1 fully saturated rings. The SMILES string of the molecule is O=C(NC1(c2ccccc2)CCC1)c1cc2ccccc2[nH]1. The van der Waals surface area contributed by atoms with Gasteiger partial charge in [-0.2, -0.15) is 0 Å². The van der Waals surface area contributed by atoms with Crippen LogP contribution in [0.3, 0.4) is 0 Å². The molecule has 22 heavy (non-hydrogen) atoms. The van der Waals surface area contributed by atoms with Crippen molar-refractivity contribution in [3.05, 3.63) is 71.9 Å². The number of nitrogens with one attached hydrogen (secondary N) is 2. The van der Waals surface area contributed by atoms with Crippen LogP contribution in [-0.4, -0.2) is 10.9 Å². The molecule has 3 heteroatoms. The lowest BCUT2D eigenvalue weighted by atomic mass is 9.71. The molecule has 2 aromatic carbocycles. The highest BCUT2D eigenvalue weighted by Gasteiger charge is 2.40. The van der Waals surface area contributed by atoms with Gasteiger partial charge in [-0.3, -0.25) is 4.79 Å². The summed E-state index contributed by atoms with van der Waals surface area (Å²) >= 11 is 0. The van der Waals surface area contributed by atoms with Crippen molar-refractivity contribution >= 4 is 16.8 Å². The van der Waals surface area contributed by atoms with E-state index in [9.17, 15) is 4.79 Å². The van der Waals surface area contributed by atoms with E-state index in [1.54, 1.807) is 0 Å². The van der Waals surface area contributed by atoms with Gasteiger partial charge in [-0.25, -0.2) is 0 Å². The number of carbonyl (C=O) groups is 1. The number of hydrogen-bond donors (Lipinski definition) is 2. The lowest BCUT2D eigenvalue weighted by Gasteiger charge is -2.43. The van der Waals surface area contributed by atoms with Crippen molar-refractivity contribution in [1.29, 1.82) is 0 Å². The summed E-state index contributed by atoms with van der Waals surface area (Å²) < 4.78 is 0. The number of benzene rings is 2. The predicted octanol–water partition coefficient (Wildman–Crippen LogP) is 3.98. The van der Waals surface area contributed by atoms with Gasteiger partial charge < -0.3 is 10.3 Å². The van der Waals surface area contributed by atoms with Crippen molar-refractivity contribution in [3.8, 4) is 0 Å². The van der Waals surface area contributed by atoms with Gasteiger partial charge in [-0.1, -0.05) is 48.5 Å². The Bertz CT molecular complexity index is 783. The van der Waals surface area contributed by atoms with E-state index >= 15 is 0 Å². The summed E-state index contributed by atoms with van der Waals surface area (Å²) in [6.45, 7) is 0. The number of carbonyl (C=O) groups excluding carboxylic acids is 1. The summed E-state index contributed by atoms with van der Waals surface area (Å²) in [4.78, 5) is 15.9. The molecule has 2 N–H and O–H groups in total. The first-order chi connectivity index (χ1) is 10.8. The second-order valence-electron chi connectivity index (χ2n) is 6.03. The van der Waals surface area contributed by atoms with Gasteiger partial charge in [0, 0.05) is 10.9 Å². The Morgan fingerprint density at radius 3 is 2.41 bits per heavy atom. The number of hydrogen-bond acceptors (Lipinski definition) is 1. The number of rotatable bonds is 3. The van der Waals surface area contributed by atoms with E-state index in [0.29, 0.717) is 5.69 Å². The van der Waals surface area contributed by atoms with Gasteiger partial charge in [0.2, 0.25) is 0 Å². The van der Waals surface area contributed by atoms with Crippen LogP contribution in [-0.2, 0) is 5.54 Å². The Hall–Kier alpha value is -2.55. The Balaban J connectivity index is 1.63. The van der Waals surface area contributed by atoms with Gasteiger partial charge in [-0.05, 0) is 37.0 Å². The second-order valence-corrected chi connectivity index (χ2v) is 6.03. The fourth-order valence-corrected chi connectivity index (χ4v) is 3.25. The number of aromatic amines is 1. The first kappa shape index (κ1) is 13.1. The van der Waals surface area contributed by atoms with Crippen LogP contribution in [0.25, 0.3) is 10.9 Å². The minimum Gasteiger partial charge on any atom is -0.351 e. The third kappa shape index (κ3) is 2.10. The molecule has 1 aliphatic rings. The molecule has 1 aliphatic carbocycles. The summed E-state index contributed by atoms with van der Waals surface area (Å²) in [6.07, 6.45) is 3.16. The maximum atomic E-state index is 12.7. The van der Waals surface area contributed by atoms with Gasteiger partial charge in [0.05, 0.1) is 5.54 Å². The summed E-state index contributed by atoms with van der Waals surface area (Å²) in [5.41, 5.74) is 2.62. The molecule has 0 unspecified atom stereocenters. The van der Waals surface area contributed by atoms with Crippen molar-refractivity contribution in [2.75, 3.05) is 0 Å². The smallest absolute Gasteiger partial charge is 0.268 e. The second kappa shape index (κ2) is 5.02. The van der Waals surface area contributed by atoms with Crippen molar-refractivity contribution in [3.63, 3.8) is 0 Å². The highest BCUT2D eigenvalue weighted by molar-refractivity contribution is 5.98. The molecular weight excluding hydrogens is 272 g/mol. The largest absolute Gasteiger partial charge is 0.351 e. The van der Waals surface area contributed by atoms with Gasteiger partial charge >= 0.3 is 0 Å². The lowest BCUT2D eigenvalue weighted by Crippen LogP contribution is -2.50. The van der Waals surface area contributed by atoms with E-state index in [4.69, 9.17) is 0 Å². The summed E-state index contributed by atoms with van der Waals surface area (Å²) in [5, 5.41) is 4.32. The minimum atomic E-state index is -0.199. The van der Waals surface area contributed by atoms with Crippen molar-refractivity contribution in [2.45, 2.75) is 24.8 Å². The molecule has 1 saturated carbocycles. The summed E-state index contributed by atoms with van der Waals surface area (Å²) in [5.74, 6) is -0.0280. The van der Waals surface area contributed by atoms with Crippen LogP contribution in [0.2, 0.25) is 0 Å². The third-order valence-electron chi connectivity index (χ3n) is 4.66. The molecular formula is C19H18N2O. The molecule has 0 saturated heterocycles. The number of amides is 1. The fraction of sp³-hybridized carbons (Fsp3) is 0.211. The van der Waals surface area contributed by atoms with Crippen molar-refractivity contribution < 1.29 is 4.79 Å². The van der Waals surface area contributed by atoms with Crippen LogP contribution in [0.4, 0.5) is 0 Å². The Kier molecular flexibility index (Phi) is 3.00. The van der Waals surface area contributed by atoms with Crippen LogP contribution in [0, 0.1) is 0 Å². The quantitative estimate of drug-likeness (QED) is 0.753. The molecule has 0 bridgehead atoms. The lowest BCUT2D eigenvalue weighted by molar-refractivity contribution is 0.0819. The van der Waals surface area contributed by atoms with E-state index in [1.807, 2.05) is 48.5 Å². The minimum absolute atomic E-state index is 0.0280. The standard InChI is InChI=1S/C19H18N2O/c22-18(17-13-14-7-4-5-10-16(14)20-17)21-19(11-6-12-19)15-8-2-1-3-9-15/h1-5,7-10,13,20H,6,11-12H2,(H,21,22). The monoisotopic (exact) mass is 290 g/mol. The molecule has 0 aliphatic heterocycles. The maximum Gasteiger partial charge on any atom is 0.268 e.